The molecule has 0 saturated carbocycles. The van der Waals surface area contributed by atoms with Crippen LogP contribution in [0.15, 0.2) is 48.5 Å². The van der Waals surface area contributed by atoms with Crippen LogP contribution in [0.3, 0.4) is 0 Å². The van der Waals surface area contributed by atoms with Crippen LogP contribution >= 0.6 is 0 Å². The molecule has 2 amide bonds. The predicted molar refractivity (Wildman–Crippen MR) is 107 cm³/mol. The fraction of sp³-hybridized carbons (Fsp3) is 0.364. The fourth-order valence-electron chi connectivity index (χ4n) is 3.48. The summed E-state index contributed by atoms with van der Waals surface area (Å²) in [7, 11) is 0. The molecule has 0 radical (unpaired) electrons. The number of carbonyl (C=O) groups is 2. The molecule has 5 nitrogen and oxygen atoms in total. The third-order valence-electron chi connectivity index (χ3n) is 5.05. The minimum absolute atomic E-state index is 0.200. The summed E-state index contributed by atoms with van der Waals surface area (Å²) in [6.45, 7) is 5.63. The van der Waals surface area contributed by atoms with Gasteiger partial charge in [-0.1, -0.05) is 43.7 Å². The Labute approximate surface area is 160 Å². The first kappa shape index (κ1) is 19.1. The summed E-state index contributed by atoms with van der Waals surface area (Å²) >= 11 is 0. The highest BCUT2D eigenvalue weighted by Gasteiger charge is 2.34. The molecule has 0 aliphatic carbocycles. The summed E-state index contributed by atoms with van der Waals surface area (Å²) < 4.78 is 0. The van der Waals surface area contributed by atoms with Gasteiger partial charge in [-0.2, -0.15) is 0 Å². The zero-order valence-electron chi connectivity index (χ0n) is 15.9. The monoisotopic (exact) mass is 365 g/mol. The average molecular weight is 365 g/mol. The van der Waals surface area contributed by atoms with E-state index in [1.54, 1.807) is 18.2 Å². The van der Waals surface area contributed by atoms with E-state index in [0.717, 1.165) is 38.9 Å². The molecule has 0 fully saturated rings. The van der Waals surface area contributed by atoms with Gasteiger partial charge in [0.1, 0.15) is 0 Å². The third kappa shape index (κ3) is 4.55. The first-order valence-corrected chi connectivity index (χ1v) is 9.62. The number of unbranched alkanes of at least 4 members (excludes halogenated alkanes) is 2. The van der Waals surface area contributed by atoms with Crippen LogP contribution in [0, 0.1) is 0 Å². The number of benzene rings is 2. The lowest BCUT2D eigenvalue weighted by Crippen LogP contribution is -2.31. The van der Waals surface area contributed by atoms with E-state index in [1.165, 1.54) is 10.5 Å². The smallest absolute Gasteiger partial charge is 0.261 e. The maximum atomic E-state index is 12.4. The Morgan fingerprint density at radius 3 is 2.41 bits per heavy atom. The van der Waals surface area contributed by atoms with Gasteiger partial charge in [-0.05, 0) is 49.7 Å². The number of nitrogen functional groups attached to an aromatic ring is 1. The topological polar surface area (TPSA) is 66.6 Å². The van der Waals surface area contributed by atoms with E-state index < -0.39 is 0 Å². The second-order valence-corrected chi connectivity index (χ2v) is 6.98. The van der Waals surface area contributed by atoms with Gasteiger partial charge in [-0.25, -0.2) is 0 Å². The van der Waals surface area contributed by atoms with E-state index in [-0.39, 0.29) is 11.8 Å². The Bertz CT molecular complexity index is 804. The lowest BCUT2D eigenvalue weighted by Gasteiger charge is -2.20. The van der Waals surface area contributed by atoms with Crippen LogP contribution in [0.4, 0.5) is 5.69 Å². The molecule has 1 heterocycles. The van der Waals surface area contributed by atoms with Crippen molar-refractivity contribution in [3.63, 3.8) is 0 Å². The van der Waals surface area contributed by atoms with Gasteiger partial charge in [0, 0.05) is 18.8 Å². The number of rotatable bonds is 9. The number of hydrogen-bond donors (Lipinski definition) is 1. The van der Waals surface area contributed by atoms with E-state index in [9.17, 15) is 9.59 Å². The summed E-state index contributed by atoms with van der Waals surface area (Å²) in [6.07, 6.45) is 2.86. The maximum Gasteiger partial charge on any atom is 0.261 e. The number of amides is 2. The van der Waals surface area contributed by atoms with Crippen molar-refractivity contribution in [3.05, 3.63) is 65.2 Å². The van der Waals surface area contributed by atoms with Crippen LogP contribution in [0.5, 0.6) is 0 Å². The van der Waals surface area contributed by atoms with Crippen molar-refractivity contribution in [2.75, 3.05) is 25.4 Å². The fourth-order valence-corrected chi connectivity index (χ4v) is 3.48. The number of carbonyl (C=O) groups excluding carboxylic acids is 2. The Morgan fingerprint density at radius 1 is 0.926 bits per heavy atom. The molecule has 0 saturated heterocycles. The van der Waals surface area contributed by atoms with E-state index in [0.29, 0.717) is 23.4 Å². The molecule has 2 N–H and O–H groups in total. The van der Waals surface area contributed by atoms with E-state index in [4.69, 9.17) is 5.73 Å². The molecule has 3 rings (SSSR count). The van der Waals surface area contributed by atoms with Crippen LogP contribution in [-0.2, 0) is 6.54 Å². The van der Waals surface area contributed by atoms with Gasteiger partial charge in [0.2, 0.25) is 0 Å². The minimum Gasteiger partial charge on any atom is -0.399 e. The van der Waals surface area contributed by atoms with Crippen LogP contribution in [0.2, 0.25) is 0 Å². The molecule has 2 aromatic carbocycles. The Morgan fingerprint density at radius 2 is 1.67 bits per heavy atom. The number of nitrogens with zero attached hydrogens (tertiary/aromatic N) is 2. The SMILES string of the molecule is CCN(CCCCCN1C(=O)c2ccc(N)cc2C1=O)Cc1ccccc1. The van der Waals surface area contributed by atoms with E-state index >= 15 is 0 Å². The number of fused-ring (bicyclic) bond motifs is 1. The third-order valence-corrected chi connectivity index (χ3v) is 5.05. The molecule has 0 spiro atoms. The number of hydrogen-bond acceptors (Lipinski definition) is 4. The van der Waals surface area contributed by atoms with Gasteiger partial charge < -0.3 is 5.73 Å². The van der Waals surface area contributed by atoms with Gasteiger partial charge in [0.25, 0.3) is 11.8 Å². The predicted octanol–water partition coefficient (Wildman–Crippen LogP) is 3.56. The first-order chi connectivity index (χ1) is 13.1. The Kier molecular flexibility index (Phi) is 6.24. The molecule has 0 bridgehead atoms. The standard InChI is InChI=1S/C22H27N3O2/c1-2-24(16-17-9-5-3-6-10-17)13-7-4-8-14-25-21(26)19-12-11-18(23)15-20(19)22(25)27/h3,5-6,9-12,15H,2,4,7-8,13-14,16,23H2,1H3. The quantitative estimate of drug-likeness (QED) is 0.419. The zero-order chi connectivity index (χ0) is 19.2. The normalized spacial score (nSPS) is 13.5. The summed E-state index contributed by atoms with van der Waals surface area (Å²) in [6, 6.07) is 15.4. The number of anilines is 1. The highest BCUT2D eigenvalue weighted by Crippen LogP contribution is 2.25. The molecule has 0 atom stereocenters. The lowest BCUT2D eigenvalue weighted by atomic mass is 10.1. The second-order valence-electron chi connectivity index (χ2n) is 6.98. The molecule has 142 valence electrons. The summed E-state index contributed by atoms with van der Waals surface area (Å²) in [4.78, 5) is 28.6. The summed E-state index contributed by atoms with van der Waals surface area (Å²) in [5, 5.41) is 0. The largest absolute Gasteiger partial charge is 0.399 e. The number of nitrogens with two attached hydrogens (primary N) is 1. The Balaban J connectivity index is 1.43. The van der Waals surface area contributed by atoms with Gasteiger partial charge in [-0.15, -0.1) is 0 Å². The molecular weight excluding hydrogens is 338 g/mol. The first-order valence-electron chi connectivity index (χ1n) is 9.62. The van der Waals surface area contributed by atoms with Crippen LogP contribution < -0.4 is 5.73 Å². The van der Waals surface area contributed by atoms with Crippen LogP contribution in [0.25, 0.3) is 0 Å². The molecule has 2 aromatic rings. The Hall–Kier alpha value is -2.66. The average Bonchev–Trinajstić information content (AvgIpc) is 2.91. The van der Waals surface area contributed by atoms with Crippen molar-refractivity contribution in [2.24, 2.45) is 0 Å². The summed E-state index contributed by atoms with van der Waals surface area (Å²) in [5.74, 6) is -0.421. The summed E-state index contributed by atoms with van der Waals surface area (Å²) in [5.41, 5.74) is 8.46. The van der Waals surface area contributed by atoms with Crippen molar-refractivity contribution >= 4 is 17.5 Å². The highest BCUT2D eigenvalue weighted by atomic mass is 16.2. The van der Waals surface area contributed by atoms with Crippen molar-refractivity contribution in [3.8, 4) is 0 Å². The lowest BCUT2D eigenvalue weighted by molar-refractivity contribution is 0.0651. The minimum atomic E-state index is -0.221. The highest BCUT2D eigenvalue weighted by molar-refractivity contribution is 6.21. The molecule has 27 heavy (non-hydrogen) atoms. The molecule has 0 aromatic heterocycles. The molecule has 0 unspecified atom stereocenters. The number of imide groups is 1. The van der Waals surface area contributed by atoms with E-state index in [1.807, 2.05) is 6.07 Å². The molecule has 5 heteroatoms. The molecule has 1 aliphatic heterocycles. The van der Waals surface area contributed by atoms with Crippen molar-refractivity contribution in [1.29, 1.82) is 0 Å². The van der Waals surface area contributed by atoms with E-state index in [2.05, 4.69) is 36.1 Å². The molecular formula is C22H27N3O2. The van der Waals surface area contributed by atoms with Crippen molar-refractivity contribution in [2.45, 2.75) is 32.7 Å². The van der Waals surface area contributed by atoms with Crippen LogP contribution in [-0.4, -0.2) is 41.2 Å². The maximum absolute atomic E-state index is 12.4. The van der Waals surface area contributed by atoms with Crippen molar-refractivity contribution in [1.82, 2.24) is 9.80 Å². The zero-order valence-corrected chi connectivity index (χ0v) is 15.9. The van der Waals surface area contributed by atoms with Gasteiger partial charge in [-0.3, -0.25) is 19.4 Å². The van der Waals surface area contributed by atoms with Gasteiger partial charge in [0.15, 0.2) is 0 Å². The van der Waals surface area contributed by atoms with Crippen molar-refractivity contribution < 1.29 is 9.59 Å². The van der Waals surface area contributed by atoms with Gasteiger partial charge in [0.05, 0.1) is 11.1 Å². The second kappa shape index (κ2) is 8.82. The van der Waals surface area contributed by atoms with Crippen LogP contribution in [0.1, 0.15) is 52.5 Å². The molecule has 1 aliphatic rings. The van der Waals surface area contributed by atoms with Gasteiger partial charge >= 0.3 is 0 Å².